The van der Waals surface area contributed by atoms with Crippen molar-refractivity contribution >= 4 is 34.3 Å². The topological polar surface area (TPSA) is 131 Å². The van der Waals surface area contributed by atoms with Gasteiger partial charge < -0.3 is 15.2 Å². The molecular formula is C34H39ClN4O5S. The molecule has 4 aromatic rings. The third-order valence-corrected chi connectivity index (χ3v) is 9.42. The molecule has 238 valence electrons. The van der Waals surface area contributed by atoms with Crippen molar-refractivity contribution in [3.8, 4) is 17.1 Å². The number of benzene rings is 3. The highest BCUT2D eigenvalue weighted by Gasteiger charge is 2.29. The zero-order valence-corrected chi connectivity index (χ0v) is 27.8. The quantitative estimate of drug-likeness (QED) is 0.194. The molecule has 0 bridgehead atoms. The summed E-state index contributed by atoms with van der Waals surface area (Å²) in [6.45, 7) is 13.7. The summed E-state index contributed by atoms with van der Waals surface area (Å²) in [5.74, 6) is -1.15. The van der Waals surface area contributed by atoms with E-state index in [1.54, 1.807) is 6.07 Å². The Morgan fingerprint density at radius 3 is 2.38 bits per heavy atom. The molecule has 2 unspecified atom stereocenters. The Bertz CT molecular complexity index is 1820. The van der Waals surface area contributed by atoms with Crippen molar-refractivity contribution in [2.24, 2.45) is 0 Å². The minimum atomic E-state index is -4.21. The van der Waals surface area contributed by atoms with Crippen molar-refractivity contribution in [1.29, 1.82) is 0 Å². The number of ether oxygens (including phenoxy) is 1. The van der Waals surface area contributed by atoms with Gasteiger partial charge >= 0.3 is 5.97 Å². The molecule has 3 N–H and O–H groups in total. The largest absolute Gasteiger partial charge is 0.478 e. The average molecular weight is 651 g/mol. The van der Waals surface area contributed by atoms with E-state index in [1.807, 2.05) is 32.0 Å². The van der Waals surface area contributed by atoms with Crippen LogP contribution < -0.4 is 14.8 Å². The molecule has 0 spiro atoms. The fourth-order valence-electron chi connectivity index (χ4n) is 5.55. The second kappa shape index (κ2) is 13.2. The number of aromatic nitrogens is 2. The second-order valence-electron chi connectivity index (χ2n) is 12.4. The van der Waals surface area contributed by atoms with E-state index in [9.17, 15) is 18.3 Å². The van der Waals surface area contributed by atoms with Crippen molar-refractivity contribution < 1.29 is 23.1 Å². The molecule has 2 atom stereocenters. The lowest BCUT2D eigenvalue weighted by Crippen LogP contribution is -2.39. The average Bonchev–Trinajstić information content (AvgIpc) is 2.95. The number of fused-ring (bicyclic) bond motifs is 1. The molecule has 0 fully saturated rings. The van der Waals surface area contributed by atoms with Crippen molar-refractivity contribution in [2.45, 2.75) is 70.4 Å². The lowest BCUT2D eigenvalue weighted by molar-refractivity contribution is 0.0696. The van der Waals surface area contributed by atoms with Gasteiger partial charge in [-0.15, -0.1) is 12.4 Å². The SMILES string of the molecule is Cc1cccc(C)c1-c1cc(OCC2c3ccc(C(C)(C)C)cc3CNC2C)nc(NS(=O)(=O)c2cccc(C(=O)O)c2)n1.Cl. The number of nitrogens with zero attached hydrogens (tertiary/aromatic N) is 2. The van der Waals surface area contributed by atoms with Crippen LogP contribution in [-0.4, -0.2) is 42.1 Å². The molecule has 0 aliphatic carbocycles. The normalized spacial score (nSPS) is 16.3. The predicted octanol–water partition coefficient (Wildman–Crippen LogP) is 6.63. The number of aryl methyl sites for hydroxylation is 2. The molecule has 3 aromatic carbocycles. The Hall–Kier alpha value is -3.99. The molecule has 45 heavy (non-hydrogen) atoms. The minimum Gasteiger partial charge on any atom is -0.478 e. The third kappa shape index (κ3) is 7.46. The molecule has 0 saturated carbocycles. The van der Waals surface area contributed by atoms with Crippen molar-refractivity contribution in [3.05, 3.63) is 100 Å². The number of hydrogen-bond donors (Lipinski definition) is 3. The standard InChI is InChI=1S/C34H38N4O5S.ClH/c1-20-9-7-10-21(2)31(20)29-17-30(37-33(36-29)38-44(41,42)26-12-8-11-23(16-26)32(39)40)43-19-28-22(3)35-18-24-15-25(34(4,5)6)13-14-27(24)28;/h7-17,22,28,35H,18-19H2,1-6H3,(H,39,40)(H,36,37,38);1H. The molecule has 1 aromatic heterocycles. The molecule has 2 heterocycles. The van der Waals surface area contributed by atoms with Crippen LogP contribution in [0.1, 0.15) is 71.8 Å². The van der Waals surface area contributed by atoms with Gasteiger partial charge in [0.25, 0.3) is 10.0 Å². The van der Waals surface area contributed by atoms with Crippen LogP contribution in [0, 0.1) is 13.8 Å². The van der Waals surface area contributed by atoms with Gasteiger partial charge in [-0.05, 0) is 72.2 Å². The minimum absolute atomic E-state index is 0. The van der Waals surface area contributed by atoms with Crippen LogP contribution >= 0.6 is 12.4 Å². The maximum absolute atomic E-state index is 13.3. The molecule has 5 rings (SSSR count). The maximum Gasteiger partial charge on any atom is 0.335 e. The molecule has 1 aliphatic heterocycles. The van der Waals surface area contributed by atoms with Crippen LogP contribution in [0.3, 0.4) is 0 Å². The first-order valence-electron chi connectivity index (χ1n) is 14.5. The zero-order valence-electron chi connectivity index (χ0n) is 26.2. The zero-order chi connectivity index (χ0) is 31.8. The smallest absolute Gasteiger partial charge is 0.335 e. The Labute approximate surface area is 270 Å². The summed E-state index contributed by atoms with van der Waals surface area (Å²) in [6, 6.07) is 19.5. The van der Waals surface area contributed by atoms with E-state index in [1.165, 1.54) is 34.9 Å². The number of carbonyl (C=O) groups is 1. The number of rotatable bonds is 8. The number of aromatic carboxylic acids is 1. The number of carboxylic acids is 1. The highest BCUT2D eigenvalue weighted by atomic mass is 35.5. The van der Waals surface area contributed by atoms with Gasteiger partial charge in [0.1, 0.15) is 0 Å². The van der Waals surface area contributed by atoms with Crippen molar-refractivity contribution in [2.75, 3.05) is 11.3 Å². The summed E-state index contributed by atoms with van der Waals surface area (Å²) >= 11 is 0. The van der Waals surface area contributed by atoms with Gasteiger partial charge in [0.15, 0.2) is 0 Å². The monoisotopic (exact) mass is 650 g/mol. The summed E-state index contributed by atoms with van der Waals surface area (Å²) < 4.78 is 35.4. The first-order valence-corrected chi connectivity index (χ1v) is 16.0. The maximum atomic E-state index is 13.3. The van der Waals surface area contributed by atoms with Gasteiger partial charge in [0.2, 0.25) is 11.8 Å². The van der Waals surface area contributed by atoms with Crippen LogP contribution in [-0.2, 0) is 22.0 Å². The summed E-state index contributed by atoms with van der Waals surface area (Å²) in [5.41, 5.74) is 6.89. The molecule has 11 heteroatoms. The van der Waals surface area contributed by atoms with Gasteiger partial charge in [-0.25, -0.2) is 22.9 Å². The van der Waals surface area contributed by atoms with E-state index in [2.05, 4.69) is 65.9 Å². The summed E-state index contributed by atoms with van der Waals surface area (Å²) in [4.78, 5) is 20.2. The van der Waals surface area contributed by atoms with E-state index in [0.717, 1.165) is 29.3 Å². The van der Waals surface area contributed by atoms with Crippen LogP contribution in [0.15, 0.2) is 71.6 Å². The highest BCUT2D eigenvalue weighted by Crippen LogP contribution is 2.34. The number of hydrogen-bond acceptors (Lipinski definition) is 7. The van der Waals surface area contributed by atoms with Crippen LogP contribution in [0.25, 0.3) is 11.3 Å². The Morgan fingerprint density at radius 1 is 1.02 bits per heavy atom. The molecular weight excluding hydrogens is 612 g/mol. The van der Waals surface area contributed by atoms with Gasteiger partial charge in [-0.3, -0.25) is 0 Å². The van der Waals surface area contributed by atoms with Crippen LogP contribution in [0.4, 0.5) is 5.95 Å². The second-order valence-corrected chi connectivity index (χ2v) is 14.1. The van der Waals surface area contributed by atoms with Crippen LogP contribution in [0.5, 0.6) is 5.88 Å². The Kier molecular flexibility index (Phi) is 9.91. The van der Waals surface area contributed by atoms with Gasteiger partial charge in [0.05, 0.1) is 22.8 Å². The predicted molar refractivity (Wildman–Crippen MR) is 178 cm³/mol. The van der Waals surface area contributed by atoms with E-state index < -0.39 is 16.0 Å². The lowest BCUT2D eigenvalue weighted by atomic mass is 9.80. The van der Waals surface area contributed by atoms with E-state index in [-0.39, 0.29) is 52.1 Å². The van der Waals surface area contributed by atoms with Crippen molar-refractivity contribution in [3.63, 3.8) is 0 Å². The first-order chi connectivity index (χ1) is 20.7. The molecule has 0 saturated heterocycles. The molecule has 9 nitrogen and oxygen atoms in total. The van der Waals surface area contributed by atoms with E-state index >= 15 is 0 Å². The van der Waals surface area contributed by atoms with Gasteiger partial charge in [-0.1, -0.05) is 63.2 Å². The van der Waals surface area contributed by atoms with Crippen molar-refractivity contribution in [1.82, 2.24) is 15.3 Å². The Morgan fingerprint density at radius 2 is 1.71 bits per heavy atom. The van der Waals surface area contributed by atoms with E-state index in [0.29, 0.717) is 12.3 Å². The summed E-state index contributed by atoms with van der Waals surface area (Å²) in [7, 11) is -4.21. The van der Waals surface area contributed by atoms with Crippen LogP contribution in [0.2, 0.25) is 0 Å². The first kappa shape index (κ1) is 33.9. The number of halogens is 1. The highest BCUT2D eigenvalue weighted by molar-refractivity contribution is 7.92. The Balaban J connectivity index is 0.00000461. The number of anilines is 1. The molecule has 0 amide bonds. The summed E-state index contributed by atoms with van der Waals surface area (Å²) in [5, 5.41) is 12.9. The summed E-state index contributed by atoms with van der Waals surface area (Å²) in [6.07, 6.45) is 0. The van der Waals surface area contributed by atoms with Gasteiger partial charge in [-0.2, -0.15) is 4.98 Å². The number of sulfonamides is 1. The number of carboxylic acid groups (broad SMARTS) is 1. The fraction of sp³-hybridized carbons (Fsp3) is 0.324. The molecule has 0 radical (unpaired) electrons. The lowest BCUT2D eigenvalue weighted by Gasteiger charge is -2.33. The van der Waals surface area contributed by atoms with E-state index in [4.69, 9.17) is 4.74 Å². The molecule has 1 aliphatic rings. The van der Waals surface area contributed by atoms with Gasteiger partial charge in [0, 0.05) is 30.1 Å². The number of nitrogens with one attached hydrogen (secondary N) is 2. The fourth-order valence-corrected chi connectivity index (χ4v) is 6.53. The third-order valence-electron chi connectivity index (χ3n) is 8.09.